The van der Waals surface area contributed by atoms with Crippen molar-refractivity contribution in [3.63, 3.8) is 0 Å². The maximum atomic E-state index is 11.4. The van der Waals surface area contributed by atoms with Crippen molar-refractivity contribution in [1.29, 1.82) is 0 Å². The first-order valence-corrected chi connectivity index (χ1v) is 7.96. The van der Waals surface area contributed by atoms with Crippen LogP contribution in [0, 0.1) is 5.92 Å². The summed E-state index contributed by atoms with van der Waals surface area (Å²) in [6, 6.07) is 0.164. The normalized spacial score (nSPS) is 26.4. The fraction of sp³-hybridized carbons (Fsp3) is 0.938. The van der Waals surface area contributed by atoms with Crippen molar-refractivity contribution >= 4 is 5.97 Å². The van der Waals surface area contributed by atoms with Crippen LogP contribution >= 0.6 is 0 Å². The van der Waals surface area contributed by atoms with Crippen molar-refractivity contribution in [1.82, 2.24) is 5.32 Å². The first kappa shape index (κ1) is 17.4. The molecule has 0 heterocycles. The first-order chi connectivity index (χ1) is 9.33. The van der Waals surface area contributed by atoms with Gasteiger partial charge < -0.3 is 9.84 Å². The average molecular weight is 285 g/mol. The number of carbonyl (C=O) groups is 1. The number of aliphatic carboxylic acids is 1. The highest BCUT2D eigenvalue weighted by Gasteiger charge is 2.32. The highest BCUT2D eigenvalue weighted by atomic mass is 16.5. The number of nitrogens with one attached hydrogen (secondary N) is 1. The minimum Gasteiger partial charge on any atom is -0.480 e. The van der Waals surface area contributed by atoms with Crippen molar-refractivity contribution in [2.45, 2.75) is 83.9 Å². The van der Waals surface area contributed by atoms with Gasteiger partial charge in [0.2, 0.25) is 0 Å². The van der Waals surface area contributed by atoms with Gasteiger partial charge in [-0.3, -0.25) is 10.1 Å². The van der Waals surface area contributed by atoms with E-state index in [1.54, 1.807) is 6.92 Å². The van der Waals surface area contributed by atoms with Gasteiger partial charge in [-0.15, -0.1) is 0 Å². The van der Waals surface area contributed by atoms with Crippen LogP contribution in [0.5, 0.6) is 0 Å². The van der Waals surface area contributed by atoms with Gasteiger partial charge in [-0.05, 0) is 65.2 Å². The number of hydrogen-bond acceptors (Lipinski definition) is 3. The smallest absolute Gasteiger partial charge is 0.323 e. The van der Waals surface area contributed by atoms with Gasteiger partial charge in [0.05, 0.1) is 6.10 Å². The first-order valence-electron chi connectivity index (χ1n) is 7.96. The molecule has 0 aromatic heterocycles. The molecule has 0 amide bonds. The molecule has 20 heavy (non-hydrogen) atoms. The van der Waals surface area contributed by atoms with Crippen LogP contribution in [0.2, 0.25) is 0 Å². The van der Waals surface area contributed by atoms with E-state index in [0.717, 1.165) is 25.2 Å². The van der Waals surface area contributed by atoms with Crippen LogP contribution in [0.1, 0.15) is 66.2 Å². The van der Waals surface area contributed by atoms with Gasteiger partial charge in [-0.1, -0.05) is 6.92 Å². The Balaban J connectivity index is 2.25. The molecule has 1 aliphatic rings. The van der Waals surface area contributed by atoms with Gasteiger partial charge in [0.25, 0.3) is 0 Å². The van der Waals surface area contributed by atoms with Crippen molar-refractivity contribution < 1.29 is 14.6 Å². The van der Waals surface area contributed by atoms with E-state index < -0.39 is 11.5 Å². The Labute approximate surface area is 123 Å². The van der Waals surface area contributed by atoms with Crippen LogP contribution in [0.3, 0.4) is 0 Å². The molecular weight excluding hydrogens is 254 g/mol. The van der Waals surface area contributed by atoms with Crippen LogP contribution in [-0.4, -0.2) is 35.4 Å². The summed E-state index contributed by atoms with van der Waals surface area (Å²) in [6.07, 6.45) is 6.60. The number of carboxylic acids is 1. The van der Waals surface area contributed by atoms with Crippen molar-refractivity contribution in [2.75, 3.05) is 6.61 Å². The highest BCUT2D eigenvalue weighted by molar-refractivity contribution is 5.78. The van der Waals surface area contributed by atoms with Gasteiger partial charge in [0.1, 0.15) is 5.54 Å². The molecule has 1 aliphatic carbocycles. The van der Waals surface area contributed by atoms with E-state index in [1.165, 1.54) is 12.8 Å². The average Bonchev–Trinajstić information content (AvgIpc) is 2.36. The molecule has 0 bridgehead atoms. The molecule has 2 N–H and O–H groups in total. The Bertz CT molecular complexity index is 298. The topological polar surface area (TPSA) is 58.6 Å². The summed E-state index contributed by atoms with van der Waals surface area (Å²) in [5.41, 5.74) is -0.849. The van der Waals surface area contributed by atoms with Crippen LogP contribution < -0.4 is 5.32 Å². The fourth-order valence-corrected chi connectivity index (χ4v) is 2.95. The van der Waals surface area contributed by atoms with Crippen molar-refractivity contribution in [3.8, 4) is 0 Å². The van der Waals surface area contributed by atoms with Gasteiger partial charge in [0.15, 0.2) is 0 Å². The molecule has 1 rings (SSSR count). The largest absolute Gasteiger partial charge is 0.480 e. The molecule has 1 fully saturated rings. The number of carboxylic acid groups (broad SMARTS) is 1. The van der Waals surface area contributed by atoms with Crippen molar-refractivity contribution in [3.05, 3.63) is 0 Å². The summed E-state index contributed by atoms with van der Waals surface area (Å²) in [5, 5.41) is 12.5. The summed E-state index contributed by atoms with van der Waals surface area (Å²) < 4.78 is 5.89. The van der Waals surface area contributed by atoms with Crippen LogP contribution in [0.25, 0.3) is 0 Å². The Morgan fingerprint density at radius 1 is 1.35 bits per heavy atom. The molecule has 4 nitrogen and oxygen atoms in total. The third kappa shape index (κ3) is 5.80. The minimum atomic E-state index is -0.849. The fourth-order valence-electron chi connectivity index (χ4n) is 2.95. The molecule has 0 aromatic carbocycles. The van der Waals surface area contributed by atoms with Gasteiger partial charge in [0, 0.05) is 12.6 Å². The maximum absolute atomic E-state index is 11.4. The maximum Gasteiger partial charge on any atom is 0.323 e. The summed E-state index contributed by atoms with van der Waals surface area (Å²) >= 11 is 0. The van der Waals surface area contributed by atoms with E-state index >= 15 is 0 Å². The van der Waals surface area contributed by atoms with Crippen LogP contribution in [-0.2, 0) is 9.53 Å². The van der Waals surface area contributed by atoms with Gasteiger partial charge in [-0.25, -0.2) is 0 Å². The number of ether oxygens (including phenoxy) is 1. The van der Waals surface area contributed by atoms with E-state index in [-0.39, 0.29) is 6.04 Å². The molecule has 0 aliphatic heterocycles. The second kappa shape index (κ2) is 7.99. The molecule has 4 heteroatoms. The number of hydrogen-bond donors (Lipinski definition) is 2. The van der Waals surface area contributed by atoms with Crippen LogP contribution in [0.15, 0.2) is 0 Å². The molecule has 0 spiro atoms. The highest BCUT2D eigenvalue weighted by Crippen LogP contribution is 2.25. The lowest BCUT2D eigenvalue weighted by molar-refractivity contribution is -0.145. The third-order valence-corrected chi connectivity index (χ3v) is 4.22. The zero-order chi connectivity index (χ0) is 15.2. The molecule has 0 saturated heterocycles. The van der Waals surface area contributed by atoms with E-state index in [2.05, 4.69) is 12.2 Å². The molecular formula is C16H31NO3. The predicted molar refractivity (Wildman–Crippen MR) is 80.9 cm³/mol. The molecule has 118 valence electrons. The summed E-state index contributed by atoms with van der Waals surface area (Å²) in [7, 11) is 0. The quantitative estimate of drug-likeness (QED) is 0.672. The van der Waals surface area contributed by atoms with E-state index in [9.17, 15) is 9.90 Å². The second-order valence-corrected chi connectivity index (χ2v) is 6.79. The molecule has 1 unspecified atom stereocenters. The van der Waals surface area contributed by atoms with Gasteiger partial charge in [-0.2, -0.15) is 0 Å². The Morgan fingerprint density at radius 2 is 1.95 bits per heavy atom. The second-order valence-electron chi connectivity index (χ2n) is 6.79. The Morgan fingerprint density at radius 3 is 2.45 bits per heavy atom. The SMILES string of the molecule is CC1CCC(OCCCC(C)(NC(C)C)C(=O)O)CC1. The standard InChI is InChI=1S/C16H31NO3/c1-12(2)17-16(4,15(18)19)10-5-11-20-14-8-6-13(3)7-9-14/h12-14,17H,5-11H2,1-4H3,(H,18,19). The van der Waals surface area contributed by atoms with Crippen LogP contribution in [0.4, 0.5) is 0 Å². The third-order valence-electron chi connectivity index (χ3n) is 4.22. The Hall–Kier alpha value is -0.610. The lowest BCUT2D eigenvalue weighted by Crippen LogP contribution is -2.52. The number of rotatable bonds is 8. The lowest BCUT2D eigenvalue weighted by Gasteiger charge is -2.30. The monoisotopic (exact) mass is 285 g/mol. The van der Waals surface area contributed by atoms with E-state index in [1.807, 2.05) is 13.8 Å². The molecule has 1 saturated carbocycles. The molecule has 1 atom stereocenters. The summed E-state index contributed by atoms with van der Waals surface area (Å²) in [4.78, 5) is 11.4. The Kier molecular flexibility index (Phi) is 6.96. The van der Waals surface area contributed by atoms with Gasteiger partial charge >= 0.3 is 5.97 Å². The summed E-state index contributed by atoms with van der Waals surface area (Å²) in [6.45, 7) is 8.67. The van der Waals surface area contributed by atoms with Crippen molar-refractivity contribution in [2.24, 2.45) is 5.92 Å². The minimum absolute atomic E-state index is 0.164. The zero-order valence-corrected chi connectivity index (χ0v) is 13.4. The predicted octanol–water partition coefficient (Wildman–Crippen LogP) is 3.20. The van der Waals surface area contributed by atoms with E-state index in [4.69, 9.17) is 4.74 Å². The molecule has 0 radical (unpaired) electrons. The van der Waals surface area contributed by atoms with E-state index in [0.29, 0.717) is 19.1 Å². The molecule has 0 aromatic rings. The summed E-state index contributed by atoms with van der Waals surface area (Å²) in [5.74, 6) is 0.0538. The lowest BCUT2D eigenvalue weighted by atomic mass is 9.89. The zero-order valence-electron chi connectivity index (χ0n) is 13.4.